The summed E-state index contributed by atoms with van der Waals surface area (Å²) in [5.74, 6) is -2.96. The number of halogens is 5. The van der Waals surface area contributed by atoms with Crippen molar-refractivity contribution in [2.45, 2.75) is 43.9 Å². The van der Waals surface area contributed by atoms with E-state index in [2.05, 4.69) is 10.3 Å². The van der Waals surface area contributed by atoms with Gasteiger partial charge in [0.15, 0.2) is 11.6 Å². The number of hydrogen-bond donors (Lipinski definition) is 1. The van der Waals surface area contributed by atoms with E-state index in [0.29, 0.717) is 36.8 Å². The molecule has 0 spiro atoms. The second-order valence-electron chi connectivity index (χ2n) is 8.23. The van der Waals surface area contributed by atoms with Gasteiger partial charge in [0, 0.05) is 30.2 Å². The number of benzene rings is 2. The van der Waals surface area contributed by atoms with Crippen LogP contribution < -0.4 is 10.2 Å². The normalized spacial score (nSPS) is 18.8. The Kier molecular flexibility index (Phi) is 6.23. The van der Waals surface area contributed by atoms with Gasteiger partial charge in [-0.3, -0.25) is 4.79 Å². The van der Waals surface area contributed by atoms with Crippen molar-refractivity contribution in [3.05, 3.63) is 71.4 Å². The molecule has 0 atom stereocenters. The van der Waals surface area contributed by atoms with Crippen molar-refractivity contribution in [3.63, 3.8) is 0 Å². The molecule has 4 nitrogen and oxygen atoms in total. The summed E-state index contributed by atoms with van der Waals surface area (Å²) in [4.78, 5) is 18.0. The summed E-state index contributed by atoms with van der Waals surface area (Å²) in [5, 5.41) is 3.37. The molecule has 0 radical (unpaired) electrons. The van der Waals surface area contributed by atoms with Gasteiger partial charge in [-0.15, -0.1) is 0 Å². The van der Waals surface area contributed by atoms with Gasteiger partial charge in [-0.05, 0) is 49.9 Å². The van der Waals surface area contributed by atoms with Gasteiger partial charge >= 0.3 is 6.18 Å². The van der Waals surface area contributed by atoms with Crippen LogP contribution in [0.3, 0.4) is 0 Å². The molecule has 4 rings (SSSR count). The van der Waals surface area contributed by atoms with E-state index >= 15 is 0 Å². The van der Waals surface area contributed by atoms with E-state index in [-0.39, 0.29) is 23.2 Å². The summed E-state index contributed by atoms with van der Waals surface area (Å²) in [7, 11) is 1.76. The van der Waals surface area contributed by atoms with E-state index < -0.39 is 29.4 Å². The maximum Gasteiger partial charge on any atom is 0.433 e. The lowest BCUT2D eigenvalue weighted by Crippen LogP contribution is -2.43. The molecule has 33 heavy (non-hydrogen) atoms. The van der Waals surface area contributed by atoms with Crippen LogP contribution in [0.25, 0.3) is 10.9 Å². The zero-order chi connectivity index (χ0) is 23.8. The Morgan fingerprint density at radius 1 is 1.03 bits per heavy atom. The van der Waals surface area contributed by atoms with Crippen molar-refractivity contribution in [3.8, 4) is 0 Å². The number of fused-ring (bicyclic) bond motifs is 1. The standard InChI is InChI=1S/C24H22F5N3O/c1-32(20-13-21(24(27,28)29)31-19-8-3-2-5-16(19)20)15-11-9-14(10-12-15)30-23(33)17-6-4-7-18(25)22(17)26/h2-8,13-15H,9-12H2,1H3,(H,30,33)/t14-,15+. The molecule has 1 fully saturated rings. The van der Waals surface area contributed by atoms with Crippen molar-refractivity contribution in [2.75, 3.05) is 11.9 Å². The number of hydrogen-bond acceptors (Lipinski definition) is 3. The van der Waals surface area contributed by atoms with Crippen LogP contribution >= 0.6 is 0 Å². The van der Waals surface area contributed by atoms with Gasteiger partial charge in [0.2, 0.25) is 0 Å². The molecule has 1 aliphatic carbocycles. The van der Waals surface area contributed by atoms with Crippen LogP contribution in [0.2, 0.25) is 0 Å². The average Bonchev–Trinajstić information content (AvgIpc) is 2.79. The minimum absolute atomic E-state index is 0.0454. The Morgan fingerprint density at radius 3 is 2.42 bits per heavy atom. The van der Waals surface area contributed by atoms with Gasteiger partial charge in [-0.25, -0.2) is 13.8 Å². The Labute approximate surface area is 187 Å². The van der Waals surface area contributed by atoms with E-state index in [0.717, 1.165) is 12.1 Å². The molecule has 1 N–H and O–H groups in total. The Bertz CT molecular complexity index is 1170. The number of carbonyl (C=O) groups excluding carboxylic acids is 1. The minimum atomic E-state index is -4.56. The largest absolute Gasteiger partial charge is 0.433 e. The number of amides is 1. The third-order valence-electron chi connectivity index (χ3n) is 6.14. The Hall–Kier alpha value is -3.23. The van der Waals surface area contributed by atoms with Crippen molar-refractivity contribution in [1.82, 2.24) is 10.3 Å². The predicted octanol–water partition coefficient (Wildman–Crippen LogP) is 5.71. The summed E-state index contributed by atoms with van der Waals surface area (Å²) >= 11 is 0. The first-order chi connectivity index (χ1) is 15.6. The summed E-state index contributed by atoms with van der Waals surface area (Å²) in [6, 6.07) is 10.9. The lowest BCUT2D eigenvalue weighted by atomic mass is 9.89. The van der Waals surface area contributed by atoms with E-state index in [1.165, 1.54) is 12.1 Å². The summed E-state index contributed by atoms with van der Waals surface area (Å²) in [5.41, 5.74) is -0.576. The maximum absolute atomic E-state index is 13.9. The fourth-order valence-electron chi connectivity index (χ4n) is 4.34. The van der Waals surface area contributed by atoms with E-state index in [9.17, 15) is 26.7 Å². The van der Waals surface area contributed by atoms with Gasteiger partial charge in [0.1, 0.15) is 5.69 Å². The number of pyridine rings is 1. The smallest absolute Gasteiger partial charge is 0.371 e. The number of rotatable bonds is 4. The highest BCUT2D eigenvalue weighted by Crippen LogP contribution is 2.36. The molecule has 9 heteroatoms. The van der Waals surface area contributed by atoms with Crippen LogP contribution in [0.4, 0.5) is 27.6 Å². The van der Waals surface area contributed by atoms with E-state index in [1.807, 2.05) is 4.90 Å². The van der Waals surface area contributed by atoms with Crippen molar-refractivity contribution in [1.29, 1.82) is 0 Å². The van der Waals surface area contributed by atoms with Crippen LogP contribution in [0.5, 0.6) is 0 Å². The Morgan fingerprint density at radius 2 is 1.73 bits per heavy atom. The van der Waals surface area contributed by atoms with Crippen molar-refractivity contribution >= 4 is 22.5 Å². The third-order valence-corrected chi connectivity index (χ3v) is 6.14. The van der Waals surface area contributed by atoms with Gasteiger partial charge < -0.3 is 10.2 Å². The number of carbonyl (C=O) groups is 1. The van der Waals surface area contributed by atoms with E-state index in [4.69, 9.17) is 0 Å². The molecule has 0 saturated heterocycles. The van der Waals surface area contributed by atoms with Crippen LogP contribution in [-0.4, -0.2) is 30.0 Å². The minimum Gasteiger partial charge on any atom is -0.371 e. The average molecular weight is 463 g/mol. The molecule has 2 aromatic carbocycles. The van der Waals surface area contributed by atoms with Crippen LogP contribution in [0.1, 0.15) is 41.7 Å². The highest BCUT2D eigenvalue weighted by molar-refractivity contribution is 5.94. The van der Waals surface area contributed by atoms with Crippen LogP contribution in [-0.2, 0) is 6.18 Å². The quantitative estimate of drug-likeness (QED) is 0.504. The Balaban J connectivity index is 1.48. The maximum atomic E-state index is 13.9. The molecule has 0 bridgehead atoms. The predicted molar refractivity (Wildman–Crippen MR) is 115 cm³/mol. The van der Waals surface area contributed by atoms with Gasteiger partial charge in [-0.1, -0.05) is 24.3 Å². The number of anilines is 1. The van der Waals surface area contributed by atoms with Gasteiger partial charge in [-0.2, -0.15) is 13.2 Å². The monoisotopic (exact) mass is 463 g/mol. The molecule has 174 valence electrons. The number of alkyl halides is 3. The molecule has 1 aliphatic rings. The molecule has 1 amide bonds. The molecule has 0 unspecified atom stereocenters. The van der Waals surface area contributed by atoms with Crippen molar-refractivity contribution in [2.24, 2.45) is 0 Å². The highest BCUT2D eigenvalue weighted by Gasteiger charge is 2.34. The molecular formula is C24H22F5N3O. The van der Waals surface area contributed by atoms with Gasteiger partial charge in [0.05, 0.1) is 11.1 Å². The van der Waals surface area contributed by atoms with Crippen LogP contribution in [0, 0.1) is 11.6 Å². The molecule has 1 saturated carbocycles. The summed E-state index contributed by atoms with van der Waals surface area (Å²) in [6.07, 6.45) is -2.20. The third kappa shape index (κ3) is 4.77. The number of nitrogens with zero attached hydrogens (tertiary/aromatic N) is 2. The molecule has 1 aromatic heterocycles. The molecule has 3 aromatic rings. The number of aromatic nitrogens is 1. The zero-order valence-corrected chi connectivity index (χ0v) is 17.8. The van der Waals surface area contributed by atoms with Crippen molar-refractivity contribution < 1.29 is 26.7 Å². The SMILES string of the molecule is CN(c1cc(C(F)(F)F)nc2ccccc12)[C@H]1CC[C@@H](NC(=O)c2cccc(F)c2F)CC1. The second kappa shape index (κ2) is 8.96. The number of para-hydroxylation sites is 1. The summed E-state index contributed by atoms with van der Waals surface area (Å²) in [6.45, 7) is 0. The highest BCUT2D eigenvalue weighted by atomic mass is 19.4. The molecular weight excluding hydrogens is 441 g/mol. The number of nitrogens with one attached hydrogen (secondary N) is 1. The first kappa shape index (κ1) is 22.9. The lowest BCUT2D eigenvalue weighted by Gasteiger charge is -2.37. The molecule has 0 aliphatic heterocycles. The zero-order valence-electron chi connectivity index (χ0n) is 17.8. The second-order valence-corrected chi connectivity index (χ2v) is 8.23. The summed E-state index contributed by atoms with van der Waals surface area (Å²) < 4.78 is 67.5. The van der Waals surface area contributed by atoms with E-state index in [1.54, 1.807) is 31.3 Å². The first-order valence-corrected chi connectivity index (χ1v) is 10.6. The first-order valence-electron chi connectivity index (χ1n) is 10.6. The fraction of sp³-hybridized carbons (Fsp3) is 0.333. The molecule has 1 heterocycles. The lowest BCUT2D eigenvalue weighted by molar-refractivity contribution is -0.140. The van der Waals surface area contributed by atoms with Crippen LogP contribution in [0.15, 0.2) is 48.5 Å². The van der Waals surface area contributed by atoms with Gasteiger partial charge in [0.25, 0.3) is 5.91 Å². The topological polar surface area (TPSA) is 45.2 Å². The fourth-order valence-corrected chi connectivity index (χ4v) is 4.34.